The zero-order valence-electron chi connectivity index (χ0n) is 9.70. The molecule has 1 heterocycles. The Morgan fingerprint density at radius 1 is 1.65 bits per heavy atom. The Hall–Kier alpha value is -0.310. The third-order valence-electron chi connectivity index (χ3n) is 2.85. The van der Waals surface area contributed by atoms with Crippen LogP contribution in [0.15, 0.2) is 0 Å². The molecule has 2 unspecified atom stereocenters. The minimum atomic E-state index is -3.27. The summed E-state index contributed by atoms with van der Waals surface area (Å²) in [6, 6.07) is -0.915. The fourth-order valence-corrected chi connectivity index (χ4v) is 4.90. The van der Waals surface area contributed by atoms with E-state index in [1.54, 1.807) is 6.92 Å². The molecule has 0 aromatic heterocycles. The molecule has 0 aromatic rings. The number of rotatable bonds is 5. The summed E-state index contributed by atoms with van der Waals surface area (Å²) in [7, 11) is -3.27. The van der Waals surface area contributed by atoms with Crippen LogP contribution in [0.3, 0.4) is 0 Å². The standard InChI is InChI=1S/C9H18N2O4S2/c1-2-17(14,15)8-6-16-4-3-11(8)7(5-10)9(12)13/h7-8H,2-6,10H2,1H3,(H,12,13). The predicted molar refractivity (Wildman–Crippen MR) is 67.8 cm³/mol. The van der Waals surface area contributed by atoms with Gasteiger partial charge in [-0.3, -0.25) is 9.69 Å². The average Bonchev–Trinajstić information content (AvgIpc) is 2.30. The van der Waals surface area contributed by atoms with E-state index in [0.717, 1.165) is 5.75 Å². The molecule has 0 radical (unpaired) electrons. The summed E-state index contributed by atoms with van der Waals surface area (Å²) in [5.41, 5.74) is 5.43. The highest BCUT2D eigenvalue weighted by atomic mass is 32.2. The Bertz CT molecular complexity index is 371. The smallest absolute Gasteiger partial charge is 0.322 e. The van der Waals surface area contributed by atoms with E-state index < -0.39 is 27.2 Å². The summed E-state index contributed by atoms with van der Waals surface area (Å²) in [6.45, 7) is 1.95. The number of carbonyl (C=O) groups is 1. The molecule has 1 fully saturated rings. The van der Waals surface area contributed by atoms with Crippen molar-refractivity contribution in [1.29, 1.82) is 0 Å². The van der Waals surface area contributed by atoms with Crippen LogP contribution in [0, 0.1) is 0 Å². The third kappa shape index (κ3) is 3.34. The van der Waals surface area contributed by atoms with Crippen molar-refractivity contribution in [2.45, 2.75) is 18.3 Å². The molecular weight excluding hydrogens is 264 g/mol. The summed E-state index contributed by atoms with van der Waals surface area (Å²) < 4.78 is 23.8. The summed E-state index contributed by atoms with van der Waals surface area (Å²) in [6.07, 6.45) is 0. The van der Waals surface area contributed by atoms with Gasteiger partial charge >= 0.3 is 5.97 Å². The molecule has 0 spiro atoms. The van der Waals surface area contributed by atoms with Gasteiger partial charge in [-0.15, -0.1) is 0 Å². The lowest BCUT2D eigenvalue weighted by molar-refractivity contribution is -0.143. The van der Waals surface area contributed by atoms with Gasteiger partial charge in [0.25, 0.3) is 0 Å². The molecule has 8 heteroatoms. The van der Waals surface area contributed by atoms with Crippen LogP contribution in [-0.2, 0) is 14.6 Å². The van der Waals surface area contributed by atoms with E-state index >= 15 is 0 Å². The zero-order chi connectivity index (χ0) is 13.1. The number of carboxylic acids is 1. The van der Waals surface area contributed by atoms with E-state index in [1.165, 1.54) is 16.7 Å². The van der Waals surface area contributed by atoms with Gasteiger partial charge in [0.15, 0.2) is 9.84 Å². The van der Waals surface area contributed by atoms with Crippen LogP contribution in [0.1, 0.15) is 6.92 Å². The van der Waals surface area contributed by atoms with Crippen molar-refractivity contribution < 1.29 is 18.3 Å². The summed E-state index contributed by atoms with van der Waals surface area (Å²) in [5, 5.41) is 8.33. The lowest BCUT2D eigenvalue weighted by Gasteiger charge is -2.37. The minimum absolute atomic E-state index is 0.0195. The van der Waals surface area contributed by atoms with Gasteiger partial charge in [-0.05, 0) is 0 Å². The van der Waals surface area contributed by atoms with E-state index in [4.69, 9.17) is 10.8 Å². The first kappa shape index (κ1) is 14.7. The first-order valence-electron chi connectivity index (χ1n) is 5.42. The van der Waals surface area contributed by atoms with Crippen molar-refractivity contribution in [2.75, 3.05) is 30.3 Å². The van der Waals surface area contributed by atoms with Crippen LogP contribution in [0.25, 0.3) is 0 Å². The van der Waals surface area contributed by atoms with Gasteiger partial charge in [0.05, 0.1) is 0 Å². The number of carboxylic acid groups (broad SMARTS) is 1. The Kier molecular flexibility index (Phi) is 5.23. The highest BCUT2D eigenvalue weighted by molar-refractivity contribution is 8.01. The molecule has 0 aliphatic carbocycles. The number of sulfone groups is 1. The fourth-order valence-electron chi connectivity index (χ4n) is 1.83. The van der Waals surface area contributed by atoms with Crippen molar-refractivity contribution in [3.8, 4) is 0 Å². The van der Waals surface area contributed by atoms with Crippen molar-refractivity contribution in [3.05, 3.63) is 0 Å². The maximum atomic E-state index is 11.9. The molecule has 0 aromatic carbocycles. The largest absolute Gasteiger partial charge is 0.480 e. The van der Waals surface area contributed by atoms with E-state index in [9.17, 15) is 13.2 Å². The van der Waals surface area contributed by atoms with Gasteiger partial charge < -0.3 is 10.8 Å². The highest BCUT2D eigenvalue weighted by Gasteiger charge is 2.38. The number of hydrogen-bond donors (Lipinski definition) is 2. The normalized spacial score (nSPS) is 24.5. The van der Waals surface area contributed by atoms with Crippen molar-refractivity contribution in [3.63, 3.8) is 0 Å². The number of hydrogen-bond acceptors (Lipinski definition) is 6. The lowest BCUT2D eigenvalue weighted by Crippen LogP contribution is -2.57. The van der Waals surface area contributed by atoms with E-state index in [0.29, 0.717) is 12.3 Å². The van der Waals surface area contributed by atoms with Gasteiger partial charge in [0.2, 0.25) is 0 Å². The first-order chi connectivity index (χ1) is 7.94. The van der Waals surface area contributed by atoms with Crippen LogP contribution in [-0.4, -0.2) is 66.2 Å². The number of nitrogens with two attached hydrogens (primary N) is 1. The van der Waals surface area contributed by atoms with Crippen LogP contribution < -0.4 is 5.73 Å². The SMILES string of the molecule is CCS(=O)(=O)C1CSCCN1C(CN)C(=O)O. The molecule has 1 rings (SSSR count). The predicted octanol–water partition coefficient (Wildman–Crippen LogP) is -0.792. The van der Waals surface area contributed by atoms with Gasteiger partial charge in [-0.2, -0.15) is 11.8 Å². The molecule has 2 atom stereocenters. The molecule has 0 saturated carbocycles. The fraction of sp³-hybridized carbons (Fsp3) is 0.889. The zero-order valence-corrected chi connectivity index (χ0v) is 11.3. The molecule has 1 saturated heterocycles. The number of nitrogens with zero attached hydrogens (tertiary/aromatic N) is 1. The third-order valence-corrected chi connectivity index (χ3v) is 6.15. The lowest BCUT2D eigenvalue weighted by atomic mass is 10.2. The highest BCUT2D eigenvalue weighted by Crippen LogP contribution is 2.23. The Morgan fingerprint density at radius 3 is 2.76 bits per heavy atom. The molecule has 100 valence electrons. The molecule has 6 nitrogen and oxygen atoms in total. The Morgan fingerprint density at radius 2 is 2.29 bits per heavy atom. The average molecular weight is 282 g/mol. The number of aliphatic carboxylic acids is 1. The van der Waals surface area contributed by atoms with Gasteiger partial charge in [-0.1, -0.05) is 6.92 Å². The van der Waals surface area contributed by atoms with Crippen molar-refractivity contribution >= 4 is 27.6 Å². The van der Waals surface area contributed by atoms with Crippen LogP contribution in [0.4, 0.5) is 0 Å². The second-order valence-corrected chi connectivity index (χ2v) is 7.41. The van der Waals surface area contributed by atoms with Crippen molar-refractivity contribution in [2.24, 2.45) is 5.73 Å². The maximum absolute atomic E-state index is 11.9. The quantitative estimate of drug-likeness (QED) is 0.681. The van der Waals surface area contributed by atoms with Gasteiger partial charge in [-0.25, -0.2) is 8.42 Å². The molecule has 1 aliphatic rings. The minimum Gasteiger partial charge on any atom is -0.480 e. The van der Waals surface area contributed by atoms with Crippen LogP contribution in [0.2, 0.25) is 0 Å². The molecule has 0 bridgehead atoms. The topological polar surface area (TPSA) is 101 Å². The maximum Gasteiger partial charge on any atom is 0.322 e. The van der Waals surface area contributed by atoms with E-state index in [2.05, 4.69) is 0 Å². The molecule has 3 N–H and O–H groups in total. The Balaban J connectivity index is 2.97. The second kappa shape index (κ2) is 6.03. The van der Waals surface area contributed by atoms with E-state index in [1.807, 2.05) is 0 Å². The first-order valence-corrected chi connectivity index (χ1v) is 8.29. The summed E-state index contributed by atoms with van der Waals surface area (Å²) in [4.78, 5) is 12.6. The van der Waals surface area contributed by atoms with E-state index in [-0.39, 0.29) is 12.3 Å². The second-order valence-electron chi connectivity index (χ2n) is 3.81. The Labute approximate surface area is 105 Å². The molecule has 0 amide bonds. The van der Waals surface area contributed by atoms with Gasteiger partial charge in [0.1, 0.15) is 11.4 Å². The van der Waals surface area contributed by atoms with Crippen LogP contribution in [0.5, 0.6) is 0 Å². The monoisotopic (exact) mass is 282 g/mol. The molecule has 17 heavy (non-hydrogen) atoms. The summed E-state index contributed by atoms with van der Waals surface area (Å²) in [5.74, 6) is 0.112. The summed E-state index contributed by atoms with van der Waals surface area (Å²) >= 11 is 1.53. The van der Waals surface area contributed by atoms with Crippen LogP contribution >= 0.6 is 11.8 Å². The van der Waals surface area contributed by atoms with Crippen molar-refractivity contribution in [1.82, 2.24) is 4.90 Å². The van der Waals surface area contributed by atoms with Gasteiger partial charge in [0, 0.05) is 30.3 Å². The molecule has 1 aliphatic heterocycles. The number of thioether (sulfide) groups is 1. The molecular formula is C9H18N2O4S2.